The second kappa shape index (κ2) is 10.7. The van der Waals surface area contributed by atoms with Crippen LogP contribution in [0.15, 0.2) is 51.9 Å². The zero-order chi connectivity index (χ0) is 24.9. The van der Waals surface area contributed by atoms with E-state index < -0.39 is 10.0 Å². The lowest BCUT2D eigenvalue weighted by Crippen LogP contribution is -2.14. The van der Waals surface area contributed by atoms with Crippen molar-refractivity contribution in [3.8, 4) is 5.75 Å². The number of carbonyl (C=O) groups excluding carboxylic acids is 1. The molecular weight excluding hydrogens is 454 g/mol. The standard InChI is InChI=1S/C25H31N3O5S/c1-16(2)23-13-10-21(15-17(23)3)32-14-6-7-24(29)26-20-8-11-22(12-9-20)34(30,31)28-25-18(4)19(5)27-33-25/h8-13,15-16,28H,6-7,14H2,1-5H3,(H,26,29). The van der Waals surface area contributed by atoms with Crippen molar-refractivity contribution < 1.29 is 22.5 Å². The average Bonchev–Trinajstić information content (AvgIpc) is 3.08. The summed E-state index contributed by atoms with van der Waals surface area (Å²) in [5, 5.41) is 6.52. The molecule has 3 rings (SSSR count). The molecule has 0 aliphatic rings. The maximum Gasteiger partial charge on any atom is 0.264 e. The molecule has 182 valence electrons. The van der Waals surface area contributed by atoms with E-state index in [0.717, 1.165) is 5.75 Å². The molecule has 34 heavy (non-hydrogen) atoms. The van der Waals surface area contributed by atoms with Gasteiger partial charge in [-0.3, -0.25) is 4.79 Å². The number of rotatable bonds is 10. The van der Waals surface area contributed by atoms with Gasteiger partial charge in [-0.15, -0.1) is 0 Å². The van der Waals surface area contributed by atoms with Crippen LogP contribution in [0.3, 0.4) is 0 Å². The number of hydrogen-bond acceptors (Lipinski definition) is 6. The van der Waals surface area contributed by atoms with Crippen molar-refractivity contribution in [1.82, 2.24) is 5.16 Å². The number of nitrogens with one attached hydrogen (secondary N) is 2. The molecule has 0 saturated carbocycles. The number of hydrogen-bond donors (Lipinski definition) is 2. The molecule has 0 saturated heterocycles. The zero-order valence-corrected chi connectivity index (χ0v) is 21.0. The molecule has 1 aromatic heterocycles. The first-order valence-corrected chi connectivity index (χ1v) is 12.6. The molecule has 8 nitrogen and oxygen atoms in total. The minimum absolute atomic E-state index is 0.0473. The van der Waals surface area contributed by atoms with Gasteiger partial charge in [0.15, 0.2) is 0 Å². The van der Waals surface area contributed by atoms with Crippen molar-refractivity contribution in [2.24, 2.45) is 0 Å². The van der Waals surface area contributed by atoms with E-state index in [9.17, 15) is 13.2 Å². The number of carbonyl (C=O) groups is 1. The Morgan fingerprint density at radius 2 is 1.79 bits per heavy atom. The number of amides is 1. The van der Waals surface area contributed by atoms with Crippen molar-refractivity contribution >= 4 is 27.5 Å². The molecular formula is C25H31N3O5S. The van der Waals surface area contributed by atoms with E-state index in [-0.39, 0.29) is 23.1 Å². The fourth-order valence-electron chi connectivity index (χ4n) is 3.44. The summed E-state index contributed by atoms with van der Waals surface area (Å²) in [6.07, 6.45) is 0.845. The summed E-state index contributed by atoms with van der Waals surface area (Å²) >= 11 is 0. The van der Waals surface area contributed by atoms with Crippen molar-refractivity contribution in [1.29, 1.82) is 0 Å². The third-order valence-corrected chi connectivity index (χ3v) is 6.86. The Morgan fingerprint density at radius 1 is 1.09 bits per heavy atom. The SMILES string of the molecule is Cc1cc(OCCCC(=O)Nc2ccc(S(=O)(=O)Nc3onc(C)c3C)cc2)ccc1C(C)C. The summed E-state index contributed by atoms with van der Waals surface area (Å²) in [4.78, 5) is 12.3. The number of anilines is 2. The van der Waals surface area contributed by atoms with Gasteiger partial charge in [-0.1, -0.05) is 25.1 Å². The van der Waals surface area contributed by atoms with E-state index in [4.69, 9.17) is 9.26 Å². The van der Waals surface area contributed by atoms with Crippen LogP contribution in [0, 0.1) is 20.8 Å². The Balaban J connectivity index is 1.47. The van der Waals surface area contributed by atoms with E-state index in [1.54, 1.807) is 26.0 Å². The quantitative estimate of drug-likeness (QED) is 0.376. The molecule has 0 radical (unpaired) electrons. The van der Waals surface area contributed by atoms with E-state index in [1.807, 2.05) is 12.1 Å². The average molecular weight is 486 g/mol. The third kappa shape index (κ3) is 6.38. The predicted molar refractivity (Wildman–Crippen MR) is 132 cm³/mol. The molecule has 0 fully saturated rings. The minimum Gasteiger partial charge on any atom is -0.494 e. The third-order valence-electron chi connectivity index (χ3n) is 5.51. The van der Waals surface area contributed by atoms with Gasteiger partial charge in [-0.05, 0) is 80.6 Å². The molecule has 3 aromatic rings. The fourth-order valence-corrected chi connectivity index (χ4v) is 4.49. The van der Waals surface area contributed by atoms with Gasteiger partial charge >= 0.3 is 0 Å². The molecule has 2 N–H and O–H groups in total. The lowest BCUT2D eigenvalue weighted by atomic mass is 9.98. The van der Waals surface area contributed by atoms with Crippen LogP contribution in [0.2, 0.25) is 0 Å². The van der Waals surface area contributed by atoms with E-state index >= 15 is 0 Å². The number of aromatic nitrogens is 1. The normalized spacial score (nSPS) is 11.5. The van der Waals surface area contributed by atoms with E-state index in [2.05, 4.69) is 42.0 Å². The van der Waals surface area contributed by atoms with Gasteiger partial charge in [-0.25, -0.2) is 13.1 Å². The van der Waals surface area contributed by atoms with Crippen LogP contribution in [0.5, 0.6) is 5.75 Å². The van der Waals surface area contributed by atoms with Gasteiger partial charge < -0.3 is 14.6 Å². The largest absolute Gasteiger partial charge is 0.494 e. The van der Waals surface area contributed by atoms with Crippen LogP contribution in [-0.4, -0.2) is 26.1 Å². The van der Waals surface area contributed by atoms with Crippen LogP contribution < -0.4 is 14.8 Å². The molecule has 2 aromatic carbocycles. The highest BCUT2D eigenvalue weighted by Gasteiger charge is 2.19. The number of aryl methyl sites for hydroxylation is 2. The molecule has 0 unspecified atom stereocenters. The summed E-state index contributed by atoms with van der Waals surface area (Å²) < 4.78 is 38.3. The smallest absolute Gasteiger partial charge is 0.264 e. The van der Waals surface area contributed by atoms with Crippen LogP contribution in [0.25, 0.3) is 0 Å². The highest BCUT2D eigenvalue weighted by atomic mass is 32.2. The molecule has 0 atom stereocenters. The van der Waals surface area contributed by atoms with Crippen LogP contribution in [0.1, 0.15) is 55.0 Å². The van der Waals surface area contributed by atoms with Crippen LogP contribution in [-0.2, 0) is 14.8 Å². The van der Waals surface area contributed by atoms with E-state index in [1.165, 1.54) is 23.3 Å². The second-order valence-electron chi connectivity index (χ2n) is 8.53. The molecule has 1 amide bonds. The highest BCUT2D eigenvalue weighted by molar-refractivity contribution is 7.92. The van der Waals surface area contributed by atoms with Gasteiger partial charge in [0.05, 0.1) is 17.2 Å². The fraction of sp³-hybridized carbons (Fsp3) is 0.360. The topological polar surface area (TPSA) is 111 Å². The van der Waals surface area contributed by atoms with Gasteiger partial charge in [0.25, 0.3) is 10.0 Å². The Morgan fingerprint density at radius 3 is 2.38 bits per heavy atom. The maximum absolute atomic E-state index is 12.6. The first-order valence-electron chi connectivity index (χ1n) is 11.2. The van der Waals surface area contributed by atoms with Crippen molar-refractivity contribution in [2.75, 3.05) is 16.6 Å². The molecule has 0 spiro atoms. The molecule has 0 aliphatic carbocycles. The van der Waals surface area contributed by atoms with Crippen molar-refractivity contribution in [3.63, 3.8) is 0 Å². The molecule has 0 aliphatic heterocycles. The number of ether oxygens (including phenoxy) is 1. The Kier molecular flexibility index (Phi) is 7.98. The van der Waals surface area contributed by atoms with Crippen molar-refractivity contribution in [2.45, 2.75) is 58.3 Å². The summed E-state index contributed by atoms with van der Waals surface area (Å²) in [6, 6.07) is 12.0. The number of sulfonamides is 1. The highest BCUT2D eigenvalue weighted by Crippen LogP contribution is 2.24. The van der Waals surface area contributed by atoms with E-state index in [0.29, 0.717) is 35.9 Å². The van der Waals surface area contributed by atoms with Crippen molar-refractivity contribution in [3.05, 3.63) is 64.8 Å². The lowest BCUT2D eigenvalue weighted by molar-refractivity contribution is -0.116. The summed E-state index contributed by atoms with van der Waals surface area (Å²) in [6.45, 7) is 10.3. The Bertz CT molecular complexity index is 1250. The predicted octanol–water partition coefficient (Wildman–Crippen LogP) is 5.32. The lowest BCUT2D eigenvalue weighted by Gasteiger charge is -2.12. The molecule has 1 heterocycles. The van der Waals surface area contributed by atoms with Crippen LogP contribution in [0.4, 0.5) is 11.6 Å². The summed E-state index contributed by atoms with van der Waals surface area (Å²) in [5.74, 6) is 1.17. The summed E-state index contributed by atoms with van der Waals surface area (Å²) in [5.41, 5.74) is 4.23. The first-order chi connectivity index (χ1) is 16.1. The van der Waals surface area contributed by atoms with Gasteiger partial charge in [0, 0.05) is 17.7 Å². The zero-order valence-electron chi connectivity index (χ0n) is 20.1. The van der Waals surface area contributed by atoms with Gasteiger partial charge in [0.2, 0.25) is 11.8 Å². The number of nitrogens with zero attached hydrogens (tertiary/aromatic N) is 1. The molecule has 9 heteroatoms. The minimum atomic E-state index is -3.84. The first kappa shape index (κ1) is 25.3. The summed E-state index contributed by atoms with van der Waals surface area (Å²) in [7, 11) is -3.84. The van der Waals surface area contributed by atoms with Crippen LogP contribution >= 0.6 is 0 Å². The Hall–Kier alpha value is -3.33. The Labute approximate surface area is 200 Å². The van der Waals surface area contributed by atoms with Gasteiger partial charge in [-0.2, -0.15) is 0 Å². The monoisotopic (exact) mass is 485 g/mol. The number of benzene rings is 2. The second-order valence-corrected chi connectivity index (χ2v) is 10.2. The van der Waals surface area contributed by atoms with Gasteiger partial charge in [0.1, 0.15) is 5.75 Å². The molecule has 0 bridgehead atoms. The maximum atomic E-state index is 12.6.